The van der Waals surface area contributed by atoms with Gasteiger partial charge >= 0.3 is 0 Å². The van der Waals surface area contributed by atoms with Crippen molar-refractivity contribution in [2.24, 2.45) is 5.73 Å². The van der Waals surface area contributed by atoms with Gasteiger partial charge in [0.05, 0.1) is 7.11 Å². The molecule has 0 saturated carbocycles. The quantitative estimate of drug-likeness (QED) is 0.882. The van der Waals surface area contributed by atoms with Crippen molar-refractivity contribution in [3.8, 4) is 5.88 Å². The Hall–Kier alpha value is -2.14. The van der Waals surface area contributed by atoms with Crippen LogP contribution in [0.4, 0.5) is 5.82 Å². The number of benzene rings is 1. The first-order chi connectivity index (χ1) is 9.24. The summed E-state index contributed by atoms with van der Waals surface area (Å²) in [5.41, 5.74) is 8.09. The third-order valence-electron chi connectivity index (χ3n) is 2.97. The topological polar surface area (TPSA) is 64.3 Å². The van der Waals surface area contributed by atoms with Crippen LogP contribution in [0.1, 0.15) is 11.1 Å². The van der Waals surface area contributed by atoms with Gasteiger partial charge in [0.25, 0.3) is 0 Å². The average molecular weight is 258 g/mol. The first kappa shape index (κ1) is 13.3. The minimum atomic E-state index is 0.539. The van der Waals surface area contributed by atoms with Crippen LogP contribution in [0, 0.1) is 0 Å². The Labute approximate surface area is 113 Å². The lowest BCUT2D eigenvalue weighted by molar-refractivity contribution is 0.397. The van der Waals surface area contributed by atoms with E-state index in [9.17, 15) is 0 Å². The summed E-state index contributed by atoms with van der Waals surface area (Å²) in [5.74, 6) is 1.38. The van der Waals surface area contributed by atoms with Crippen molar-refractivity contribution in [3.63, 3.8) is 0 Å². The molecule has 0 amide bonds. The zero-order valence-corrected chi connectivity index (χ0v) is 11.2. The van der Waals surface area contributed by atoms with Crippen LogP contribution in [0.25, 0.3) is 0 Å². The number of hydrogen-bond acceptors (Lipinski definition) is 5. The summed E-state index contributed by atoms with van der Waals surface area (Å²) in [6, 6.07) is 9.95. The molecule has 0 aliphatic carbocycles. The number of methoxy groups -OCH3 is 1. The van der Waals surface area contributed by atoms with Gasteiger partial charge in [-0.2, -0.15) is 0 Å². The van der Waals surface area contributed by atoms with Crippen LogP contribution in [0.5, 0.6) is 5.88 Å². The summed E-state index contributed by atoms with van der Waals surface area (Å²) < 4.78 is 5.10. The number of rotatable bonds is 5. The zero-order valence-electron chi connectivity index (χ0n) is 11.2. The molecule has 1 aromatic heterocycles. The van der Waals surface area contributed by atoms with Gasteiger partial charge in [-0.3, -0.25) is 0 Å². The second-order valence-electron chi connectivity index (χ2n) is 4.25. The molecular weight excluding hydrogens is 240 g/mol. The molecule has 0 saturated heterocycles. The van der Waals surface area contributed by atoms with E-state index in [1.54, 1.807) is 7.11 Å². The van der Waals surface area contributed by atoms with E-state index in [0.717, 1.165) is 17.9 Å². The number of nitrogens with zero attached hydrogens (tertiary/aromatic N) is 3. The normalized spacial score (nSPS) is 10.3. The predicted octanol–water partition coefficient (Wildman–Crippen LogP) is 1.58. The molecule has 0 aliphatic heterocycles. The summed E-state index contributed by atoms with van der Waals surface area (Å²) in [6.45, 7) is 1.28. The molecule has 0 bridgehead atoms. The van der Waals surface area contributed by atoms with Crippen LogP contribution in [0.15, 0.2) is 36.7 Å². The van der Waals surface area contributed by atoms with Crippen LogP contribution in [-0.2, 0) is 13.1 Å². The number of nitrogens with two attached hydrogens (primary N) is 1. The van der Waals surface area contributed by atoms with Crippen molar-refractivity contribution in [2.75, 3.05) is 19.1 Å². The third kappa shape index (κ3) is 3.20. The van der Waals surface area contributed by atoms with Crippen LogP contribution in [0.3, 0.4) is 0 Å². The first-order valence-corrected chi connectivity index (χ1v) is 6.08. The minimum absolute atomic E-state index is 0.539. The molecule has 0 atom stereocenters. The molecule has 0 fully saturated rings. The molecule has 5 nitrogen and oxygen atoms in total. The Balaban J connectivity index is 2.18. The van der Waals surface area contributed by atoms with Gasteiger partial charge in [-0.1, -0.05) is 24.3 Å². The number of ether oxygens (including phenoxy) is 1. The Kier molecular flexibility index (Phi) is 4.30. The molecule has 0 unspecified atom stereocenters. The van der Waals surface area contributed by atoms with E-state index in [0.29, 0.717) is 12.4 Å². The van der Waals surface area contributed by atoms with Crippen molar-refractivity contribution in [1.29, 1.82) is 0 Å². The van der Waals surface area contributed by atoms with Gasteiger partial charge in [0.2, 0.25) is 5.88 Å². The van der Waals surface area contributed by atoms with E-state index in [-0.39, 0.29) is 0 Å². The summed E-state index contributed by atoms with van der Waals surface area (Å²) in [6.07, 6.45) is 1.50. The summed E-state index contributed by atoms with van der Waals surface area (Å²) >= 11 is 0. The molecule has 2 aromatic rings. The fourth-order valence-electron chi connectivity index (χ4n) is 1.90. The molecule has 1 heterocycles. The fourth-order valence-corrected chi connectivity index (χ4v) is 1.90. The van der Waals surface area contributed by atoms with Crippen molar-refractivity contribution >= 4 is 5.82 Å². The maximum atomic E-state index is 5.75. The van der Waals surface area contributed by atoms with E-state index in [1.165, 1.54) is 11.9 Å². The monoisotopic (exact) mass is 258 g/mol. The summed E-state index contributed by atoms with van der Waals surface area (Å²) in [7, 11) is 3.57. The van der Waals surface area contributed by atoms with E-state index in [4.69, 9.17) is 10.5 Å². The van der Waals surface area contributed by atoms with E-state index in [2.05, 4.69) is 16.0 Å². The highest BCUT2D eigenvalue weighted by Gasteiger charge is 2.07. The Morgan fingerprint density at radius 1 is 1.21 bits per heavy atom. The number of hydrogen-bond donors (Lipinski definition) is 1. The number of anilines is 1. The highest BCUT2D eigenvalue weighted by atomic mass is 16.5. The SMILES string of the molecule is COc1cc(N(C)Cc2ccccc2CN)ncn1. The Morgan fingerprint density at radius 2 is 1.95 bits per heavy atom. The molecule has 2 N–H and O–H groups in total. The van der Waals surface area contributed by atoms with E-state index in [1.807, 2.05) is 36.2 Å². The lowest BCUT2D eigenvalue weighted by atomic mass is 10.1. The predicted molar refractivity (Wildman–Crippen MR) is 75.0 cm³/mol. The van der Waals surface area contributed by atoms with Crippen molar-refractivity contribution < 1.29 is 4.74 Å². The zero-order chi connectivity index (χ0) is 13.7. The van der Waals surface area contributed by atoms with Crippen LogP contribution in [0.2, 0.25) is 0 Å². The summed E-state index contributed by atoms with van der Waals surface area (Å²) in [4.78, 5) is 10.3. The maximum absolute atomic E-state index is 5.75. The summed E-state index contributed by atoms with van der Waals surface area (Å²) in [5, 5.41) is 0. The van der Waals surface area contributed by atoms with Crippen molar-refractivity contribution in [2.45, 2.75) is 13.1 Å². The van der Waals surface area contributed by atoms with Gasteiger partial charge in [0.15, 0.2) is 0 Å². The highest BCUT2D eigenvalue weighted by Crippen LogP contribution is 2.18. The number of aromatic nitrogens is 2. The second kappa shape index (κ2) is 6.15. The van der Waals surface area contributed by atoms with Crippen LogP contribution in [-0.4, -0.2) is 24.1 Å². The largest absolute Gasteiger partial charge is 0.481 e. The maximum Gasteiger partial charge on any atom is 0.218 e. The molecule has 2 rings (SSSR count). The molecular formula is C14H18N4O. The fraction of sp³-hybridized carbons (Fsp3) is 0.286. The Morgan fingerprint density at radius 3 is 2.63 bits per heavy atom. The molecule has 0 radical (unpaired) electrons. The third-order valence-corrected chi connectivity index (χ3v) is 2.97. The molecule has 5 heteroatoms. The second-order valence-corrected chi connectivity index (χ2v) is 4.25. The minimum Gasteiger partial charge on any atom is -0.481 e. The lowest BCUT2D eigenvalue weighted by Gasteiger charge is -2.19. The first-order valence-electron chi connectivity index (χ1n) is 6.08. The van der Waals surface area contributed by atoms with Crippen LogP contribution < -0.4 is 15.4 Å². The molecule has 1 aromatic carbocycles. The van der Waals surface area contributed by atoms with Gasteiger partial charge in [-0.25, -0.2) is 9.97 Å². The molecule has 0 spiro atoms. The van der Waals surface area contributed by atoms with Crippen molar-refractivity contribution in [1.82, 2.24) is 9.97 Å². The standard InChI is InChI=1S/C14H18N4O/c1-18(13-7-14(19-2)17-10-16-13)9-12-6-4-3-5-11(12)8-15/h3-7,10H,8-9,15H2,1-2H3. The molecule has 19 heavy (non-hydrogen) atoms. The van der Waals surface area contributed by atoms with E-state index >= 15 is 0 Å². The highest BCUT2D eigenvalue weighted by molar-refractivity contribution is 5.41. The van der Waals surface area contributed by atoms with Gasteiger partial charge in [-0.15, -0.1) is 0 Å². The average Bonchev–Trinajstić information content (AvgIpc) is 2.47. The van der Waals surface area contributed by atoms with Crippen molar-refractivity contribution in [3.05, 3.63) is 47.8 Å². The van der Waals surface area contributed by atoms with Crippen LogP contribution >= 0.6 is 0 Å². The van der Waals surface area contributed by atoms with Gasteiger partial charge in [-0.05, 0) is 11.1 Å². The van der Waals surface area contributed by atoms with E-state index < -0.39 is 0 Å². The Bertz CT molecular complexity index is 544. The molecule has 0 aliphatic rings. The lowest BCUT2D eigenvalue weighted by Crippen LogP contribution is -2.19. The van der Waals surface area contributed by atoms with Gasteiger partial charge in [0, 0.05) is 26.2 Å². The molecule has 100 valence electrons. The van der Waals surface area contributed by atoms with Gasteiger partial charge in [0.1, 0.15) is 12.1 Å². The smallest absolute Gasteiger partial charge is 0.218 e. The van der Waals surface area contributed by atoms with Gasteiger partial charge < -0.3 is 15.4 Å².